The molecule has 1 N–H and O–H groups in total. The molecule has 1 unspecified atom stereocenters. The van der Waals surface area contributed by atoms with Crippen LogP contribution in [0.2, 0.25) is 0 Å². The molecule has 0 aliphatic carbocycles. The number of nitro groups is 1. The summed E-state index contributed by atoms with van der Waals surface area (Å²) in [5.41, 5.74) is 2.72. The Balaban J connectivity index is 1.75. The molecular weight excluding hydrogens is 480 g/mol. The van der Waals surface area contributed by atoms with Crippen molar-refractivity contribution in [2.45, 2.75) is 25.0 Å². The van der Waals surface area contributed by atoms with Crippen molar-refractivity contribution in [3.05, 3.63) is 75.3 Å². The Kier molecular flexibility index (Phi) is 9.65. The third-order valence-electron chi connectivity index (χ3n) is 5.00. The van der Waals surface area contributed by atoms with E-state index in [0.29, 0.717) is 23.6 Å². The van der Waals surface area contributed by atoms with E-state index in [4.69, 9.17) is 15.8 Å². The van der Waals surface area contributed by atoms with Gasteiger partial charge in [-0.25, -0.2) is 4.98 Å². The van der Waals surface area contributed by atoms with Gasteiger partial charge in [0.15, 0.2) is 0 Å². The molecule has 1 atom stereocenters. The van der Waals surface area contributed by atoms with Crippen LogP contribution in [0.15, 0.2) is 54.0 Å². The molecule has 0 aliphatic heterocycles. The fourth-order valence-electron chi connectivity index (χ4n) is 3.38. The smallest absolute Gasteiger partial charge is 0.328 e. The normalized spacial score (nSPS) is 11.7. The molecule has 0 fully saturated rings. The highest BCUT2D eigenvalue weighted by Crippen LogP contribution is 2.41. The number of pyridine rings is 1. The number of halogens is 1. The second kappa shape index (κ2) is 12.7. The summed E-state index contributed by atoms with van der Waals surface area (Å²) in [4.78, 5) is 17.8. The highest BCUT2D eigenvalue weighted by atomic mass is 35.5. The highest BCUT2D eigenvalue weighted by Gasteiger charge is 2.26. The number of rotatable bonds is 13. The van der Waals surface area contributed by atoms with Crippen molar-refractivity contribution in [3.8, 4) is 5.75 Å². The van der Waals surface area contributed by atoms with Gasteiger partial charge in [-0.15, -0.1) is 11.6 Å². The maximum atomic E-state index is 11.5. The summed E-state index contributed by atoms with van der Waals surface area (Å²) >= 11 is 8.30. The third kappa shape index (κ3) is 6.99. The van der Waals surface area contributed by atoms with Gasteiger partial charge in [0.1, 0.15) is 11.6 Å². The van der Waals surface area contributed by atoms with Crippen LogP contribution in [-0.4, -0.2) is 35.9 Å². The summed E-state index contributed by atoms with van der Waals surface area (Å²) < 4.78 is 6.02. The minimum Gasteiger partial charge on any atom is -0.425 e. The molecule has 0 saturated carbocycles. The zero-order chi connectivity index (χ0) is 23.6. The molecule has 1 aromatic carbocycles. The first-order valence-electron chi connectivity index (χ1n) is 10.6. The molecule has 176 valence electrons. The lowest BCUT2D eigenvalue weighted by Crippen LogP contribution is -2.26. The van der Waals surface area contributed by atoms with Crippen LogP contribution >= 0.6 is 35.0 Å². The fourth-order valence-corrected chi connectivity index (χ4v) is 5.32. The van der Waals surface area contributed by atoms with Crippen LogP contribution in [0.3, 0.4) is 0 Å². The van der Waals surface area contributed by atoms with Crippen LogP contribution in [0.5, 0.6) is 5.75 Å². The Morgan fingerprint density at radius 2 is 2.03 bits per heavy atom. The number of alkyl halides is 1. The quantitative estimate of drug-likeness (QED) is 0.122. The van der Waals surface area contributed by atoms with Gasteiger partial charge in [-0.05, 0) is 60.2 Å². The van der Waals surface area contributed by atoms with Crippen molar-refractivity contribution in [3.63, 3.8) is 0 Å². The molecule has 0 saturated heterocycles. The van der Waals surface area contributed by atoms with Crippen LogP contribution < -0.4 is 14.4 Å². The van der Waals surface area contributed by atoms with Gasteiger partial charge in [-0.2, -0.15) is 0 Å². The molecule has 10 heteroatoms. The summed E-state index contributed by atoms with van der Waals surface area (Å²) in [6.07, 6.45) is 3.37. The fraction of sp³-hybridized carbons (Fsp3) is 0.348. The molecule has 33 heavy (non-hydrogen) atoms. The Bertz CT molecular complexity index is 1010. The number of aromatic nitrogens is 1. The molecule has 3 rings (SSSR count). The van der Waals surface area contributed by atoms with Crippen LogP contribution in [-0.2, 0) is 6.42 Å². The molecule has 0 spiro atoms. The number of hydrogen-bond donors (Lipinski definition) is 1. The predicted molar refractivity (Wildman–Crippen MR) is 139 cm³/mol. The zero-order valence-electron chi connectivity index (χ0n) is 18.6. The van der Waals surface area contributed by atoms with E-state index in [0.717, 1.165) is 47.9 Å². The average molecular weight is 507 g/mol. The minimum atomic E-state index is -0.329. The van der Waals surface area contributed by atoms with Gasteiger partial charge < -0.3 is 14.4 Å². The van der Waals surface area contributed by atoms with E-state index in [9.17, 15) is 10.1 Å². The van der Waals surface area contributed by atoms with Gasteiger partial charge in [-0.1, -0.05) is 24.3 Å². The van der Waals surface area contributed by atoms with E-state index in [2.05, 4.69) is 22.1 Å². The molecule has 0 aliphatic rings. The summed E-state index contributed by atoms with van der Waals surface area (Å²) in [6.45, 7) is 3.86. The standard InChI is InChI=1S/C23H27ClN4O3S2/c1-3-12-27(13-11-24)18-5-7-19(8-6-18)31-33-21(20-10-14-32-23(20)28(29)30)15-17-4-9-22(25-2)26-16-17/h4-10,14,16,21H,3,11-13,15H2,1-2H3,(H,25,26). The lowest BCUT2D eigenvalue weighted by molar-refractivity contribution is -0.380. The Hall–Kier alpha value is -2.49. The van der Waals surface area contributed by atoms with Crippen molar-refractivity contribution in [2.75, 3.05) is 36.2 Å². The van der Waals surface area contributed by atoms with Gasteiger partial charge in [0, 0.05) is 37.9 Å². The number of nitrogens with zero attached hydrogens (tertiary/aromatic N) is 3. The van der Waals surface area contributed by atoms with E-state index >= 15 is 0 Å². The van der Waals surface area contributed by atoms with Crippen LogP contribution in [0.4, 0.5) is 16.5 Å². The van der Waals surface area contributed by atoms with Gasteiger partial charge >= 0.3 is 5.00 Å². The van der Waals surface area contributed by atoms with E-state index < -0.39 is 0 Å². The first-order chi connectivity index (χ1) is 16.0. The predicted octanol–water partition coefficient (Wildman–Crippen LogP) is 6.56. The second-order valence-electron chi connectivity index (χ2n) is 7.28. The Morgan fingerprint density at radius 1 is 1.24 bits per heavy atom. The molecule has 2 aromatic heterocycles. The van der Waals surface area contributed by atoms with Crippen molar-refractivity contribution in [2.24, 2.45) is 0 Å². The number of benzene rings is 1. The lowest BCUT2D eigenvalue weighted by atomic mass is 10.1. The first-order valence-corrected chi connectivity index (χ1v) is 12.9. The average Bonchev–Trinajstić information content (AvgIpc) is 3.33. The molecule has 2 heterocycles. The maximum absolute atomic E-state index is 11.5. The van der Waals surface area contributed by atoms with Crippen molar-refractivity contribution < 1.29 is 9.11 Å². The maximum Gasteiger partial charge on any atom is 0.328 e. The largest absolute Gasteiger partial charge is 0.425 e. The van der Waals surface area contributed by atoms with Crippen LogP contribution in [0.25, 0.3) is 0 Å². The Morgan fingerprint density at radius 3 is 2.64 bits per heavy atom. The summed E-state index contributed by atoms with van der Waals surface area (Å²) in [6, 6.07) is 13.5. The van der Waals surface area contributed by atoms with Gasteiger partial charge in [0.05, 0.1) is 27.8 Å². The number of hydrogen-bond acceptors (Lipinski definition) is 8. The monoisotopic (exact) mass is 506 g/mol. The zero-order valence-corrected chi connectivity index (χ0v) is 21.0. The second-order valence-corrected chi connectivity index (χ2v) is 9.48. The van der Waals surface area contributed by atoms with Crippen molar-refractivity contribution >= 4 is 51.5 Å². The highest BCUT2D eigenvalue weighted by molar-refractivity contribution is 7.95. The molecule has 0 radical (unpaired) electrons. The molecular formula is C23H27ClN4O3S2. The molecule has 0 amide bonds. The number of anilines is 2. The van der Waals surface area contributed by atoms with E-state index in [-0.39, 0.29) is 15.2 Å². The van der Waals surface area contributed by atoms with Crippen LogP contribution in [0, 0.1) is 10.1 Å². The molecule has 0 bridgehead atoms. The Labute approximate surface area is 207 Å². The van der Waals surface area contributed by atoms with Gasteiger partial charge in [0.2, 0.25) is 0 Å². The van der Waals surface area contributed by atoms with E-state index in [1.165, 1.54) is 12.0 Å². The lowest BCUT2D eigenvalue weighted by Gasteiger charge is -2.23. The van der Waals surface area contributed by atoms with Crippen molar-refractivity contribution in [1.82, 2.24) is 4.98 Å². The minimum absolute atomic E-state index is 0.141. The van der Waals surface area contributed by atoms with Crippen molar-refractivity contribution in [1.29, 1.82) is 0 Å². The topological polar surface area (TPSA) is 80.5 Å². The molecule has 7 nitrogen and oxygen atoms in total. The van der Waals surface area contributed by atoms with Gasteiger partial charge in [0.25, 0.3) is 0 Å². The third-order valence-corrected chi connectivity index (χ3v) is 6.99. The number of thiophene rings is 1. The SMILES string of the molecule is CCCN(CCCl)c1ccc(OSC(Cc2ccc(NC)nc2)c2ccsc2[N+](=O)[O-])cc1. The molecule has 3 aromatic rings. The summed E-state index contributed by atoms with van der Waals surface area (Å²) in [5.74, 6) is 2.03. The summed E-state index contributed by atoms with van der Waals surface area (Å²) in [7, 11) is 1.81. The number of nitrogens with one attached hydrogen (secondary N) is 1. The van der Waals surface area contributed by atoms with Gasteiger partial charge in [-0.3, -0.25) is 10.1 Å². The first kappa shape index (κ1) is 25.1. The van der Waals surface area contributed by atoms with Crippen LogP contribution in [0.1, 0.15) is 29.7 Å². The van der Waals surface area contributed by atoms with E-state index in [1.54, 1.807) is 17.6 Å². The van der Waals surface area contributed by atoms with E-state index in [1.807, 2.05) is 43.4 Å². The summed E-state index contributed by atoms with van der Waals surface area (Å²) in [5, 5.41) is 16.2.